The highest BCUT2D eigenvalue weighted by Gasteiger charge is 2.23. The number of anilines is 6. The van der Waals surface area contributed by atoms with Gasteiger partial charge in [0.25, 0.3) is 0 Å². The molecule has 12 aromatic rings. The highest BCUT2D eigenvalue weighted by molar-refractivity contribution is 6.26. The first-order valence-electron chi connectivity index (χ1n) is 22.3. The van der Waals surface area contributed by atoms with E-state index in [1.165, 1.54) is 66.0 Å². The lowest BCUT2D eigenvalue weighted by atomic mass is 9.96. The van der Waals surface area contributed by atoms with Crippen molar-refractivity contribution in [3.05, 3.63) is 261 Å². The molecule has 0 amide bonds. The predicted octanol–water partition coefficient (Wildman–Crippen LogP) is 17.3. The molecule has 0 bridgehead atoms. The Kier molecular flexibility index (Phi) is 9.50. The summed E-state index contributed by atoms with van der Waals surface area (Å²) in [6, 6.07) is 94.4. The zero-order valence-corrected chi connectivity index (χ0v) is 35.7. The highest BCUT2D eigenvalue weighted by Crippen LogP contribution is 2.47. The van der Waals surface area contributed by atoms with Crippen LogP contribution in [0.5, 0.6) is 0 Å². The van der Waals surface area contributed by atoms with E-state index in [4.69, 9.17) is 0 Å². The van der Waals surface area contributed by atoms with Crippen LogP contribution in [-0.4, -0.2) is 4.57 Å². The summed E-state index contributed by atoms with van der Waals surface area (Å²) in [4.78, 5) is 4.73. The zero-order valence-electron chi connectivity index (χ0n) is 35.7. The predicted molar refractivity (Wildman–Crippen MR) is 275 cm³/mol. The van der Waals surface area contributed by atoms with Crippen LogP contribution < -0.4 is 9.80 Å². The van der Waals surface area contributed by atoms with Gasteiger partial charge in [-0.05, 0) is 147 Å². The third kappa shape index (κ3) is 6.97. The summed E-state index contributed by atoms with van der Waals surface area (Å²) >= 11 is 0. The first kappa shape index (κ1) is 38.0. The average Bonchev–Trinajstić information content (AvgIpc) is 3.72. The monoisotopic (exact) mass is 829 g/mol. The van der Waals surface area contributed by atoms with E-state index >= 15 is 0 Å². The molecular weight excluding hydrogens is 787 g/mol. The van der Waals surface area contributed by atoms with Gasteiger partial charge < -0.3 is 14.4 Å². The van der Waals surface area contributed by atoms with Gasteiger partial charge in [0.05, 0.1) is 11.0 Å². The summed E-state index contributed by atoms with van der Waals surface area (Å²) in [5, 5.41) is 4.97. The summed E-state index contributed by atoms with van der Waals surface area (Å²) in [6.07, 6.45) is 0. The van der Waals surface area contributed by atoms with Crippen LogP contribution in [0.3, 0.4) is 0 Å². The lowest BCUT2D eigenvalue weighted by molar-refractivity contribution is 1.18. The number of aromatic nitrogens is 1. The van der Waals surface area contributed by atoms with Gasteiger partial charge in [-0.3, -0.25) is 0 Å². The topological polar surface area (TPSA) is 11.4 Å². The Labute approximate surface area is 379 Å². The summed E-state index contributed by atoms with van der Waals surface area (Å²) in [5.74, 6) is 0. The molecule has 0 aliphatic rings. The van der Waals surface area contributed by atoms with Gasteiger partial charge >= 0.3 is 0 Å². The molecular formula is C62H43N3. The molecule has 11 aromatic carbocycles. The number of hydrogen-bond acceptors (Lipinski definition) is 2. The van der Waals surface area contributed by atoms with Gasteiger partial charge in [-0.15, -0.1) is 0 Å². The number of benzene rings is 11. The van der Waals surface area contributed by atoms with Crippen molar-refractivity contribution in [1.29, 1.82) is 0 Å². The molecule has 3 heteroatoms. The van der Waals surface area contributed by atoms with Crippen LogP contribution in [0.1, 0.15) is 0 Å². The maximum absolute atomic E-state index is 2.47. The molecule has 0 N–H and O–H groups in total. The normalized spacial score (nSPS) is 11.4. The summed E-state index contributed by atoms with van der Waals surface area (Å²) in [6.45, 7) is 0. The van der Waals surface area contributed by atoms with Crippen molar-refractivity contribution in [2.24, 2.45) is 0 Å². The summed E-state index contributed by atoms with van der Waals surface area (Å²) < 4.78 is 2.47. The third-order valence-corrected chi connectivity index (χ3v) is 12.6. The van der Waals surface area contributed by atoms with Crippen molar-refractivity contribution in [2.75, 3.05) is 9.80 Å². The summed E-state index contributed by atoms with van der Waals surface area (Å²) in [7, 11) is 0. The molecule has 306 valence electrons. The van der Waals surface area contributed by atoms with E-state index in [2.05, 4.69) is 275 Å². The standard InChI is InChI=1S/C62H43N3/c1-7-19-44(20-8-1)49-38-50(45-21-9-2-10-22-45)41-57(40-49)64(54-27-15-5-16-28-54)58-39-48-32-31-47-37-51(42-59-61(47)62(48)60(43-58)65(59)55-29-17-6-18-30-55)46-33-35-56(36-34-46)63(52-23-11-3-12-24-52)53-25-13-4-14-26-53/h1-43H. The molecule has 0 fully saturated rings. The Morgan fingerprint density at radius 2 is 0.600 bits per heavy atom. The lowest BCUT2D eigenvalue weighted by Gasteiger charge is -2.27. The SMILES string of the molecule is c1ccc(-c2cc(-c3ccccc3)cc(N(c3ccccc3)c3cc4ccc5cc(-c6ccc(N(c7ccccc7)c7ccccc7)cc6)cc6c5c4c(c3)n6-c3ccccc3)c2)cc1. The van der Waals surface area contributed by atoms with Gasteiger partial charge in [-0.25, -0.2) is 0 Å². The van der Waals surface area contributed by atoms with Crippen LogP contribution >= 0.6 is 0 Å². The number of para-hydroxylation sites is 4. The molecule has 0 aliphatic heterocycles. The molecule has 0 spiro atoms. The van der Waals surface area contributed by atoms with Crippen molar-refractivity contribution in [1.82, 2.24) is 4.57 Å². The van der Waals surface area contributed by atoms with Crippen molar-refractivity contribution >= 4 is 66.7 Å². The Balaban J connectivity index is 1.05. The molecule has 1 heterocycles. The van der Waals surface area contributed by atoms with E-state index in [0.29, 0.717) is 0 Å². The average molecular weight is 830 g/mol. The molecule has 0 aliphatic carbocycles. The molecule has 3 nitrogen and oxygen atoms in total. The Bertz CT molecular complexity index is 3450. The smallest absolute Gasteiger partial charge is 0.0568 e. The molecule has 12 rings (SSSR count). The molecule has 0 saturated carbocycles. The fourth-order valence-electron chi connectivity index (χ4n) is 9.67. The van der Waals surface area contributed by atoms with E-state index in [-0.39, 0.29) is 0 Å². The van der Waals surface area contributed by atoms with Crippen LogP contribution in [0.25, 0.3) is 71.6 Å². The minimum Gasteiger partial charge on any atom is -0.311 e. The van der Waals surface area contributed by atoms with Gasteiger partial charge in [0, 0.05) is 50.6 Å². The molecule has 0 radical (unpaired) electrons. The third-order valence-electron chi connectivity index (χ3n) is 12.6. The van der Waals surface area contributed by atoms with E-state index < -0.39 is 0 Å². The van der Waals surface area contributed by atoms with Gasteiger partial charge in [0.15, 0.2) is 0 Å². The van der Waals surface area contributed by atoms with Gasteiger partial charge in [0.1, 0.15) is 0 Å². The maximum atomic E-state index is 2.47. The van der Waals surface area contributed by atoms with Crippen molar-refractivity contribution < 1.29 is 0 Å². The van der Waals surface area contributed by atoms with E-state index in [1.807, 2.05) is 0 Å². The van der Waals surface area contributed by atoms with E-state index in [0.717, 1.165) is 39.8 Å². The molecule has 0 unspecified atom stereocenters. The van der Waals surface area contributed by atoms with Crippen LogP contribution in [0.2, 0.25) is 0 Å². The second-order valence-electron chi connectivity index (χ2n) is 16.6. The first-order valence-corrected chi connectivity index (χ1v) is 22.3. The minimum absolute atomic E-state index is 1.09. The van der Waals surface area contributed by atoms with Crippen molar-refractivity contribution in [3.8, 4) is 39.1 Å². The second kappa shape index (κ2) is 16.2. The Morgan fingerprint density at radius 1 is 0.231 bits per heavy atom. The number of hydrogen-bond donors (Lipinski definition) is 0. The maximum Gasteiger partial charge on any atom is 0.0568 e. The van der Waals surface area contributed by atoms with Crippen LogP contribution in [0.15, 0.2) is 261 Å². The molecule has 1 aromatic heterocycles. The fraction of sp³-hybridized carbons (Fsp3) is 0. The number of rotatable bonds is 10. The number of nitrogens with zero attached hydrogens (tertiary/aromatic N) is 3. The molecule has 65 heavy (non-hydrogen) atoms. The second-order valence-corrected chi connectivity index (χ2v) is 16.6. The molecule has 0 atom stereocenters. The Morgan fingerprint density at radius 3 is 1.11 bits per heavy atom. The van der Waals surface area contributed by atoms with Crippen LogP contribution in [-0.2, 0) is 0 Å². The van der Waals surface area contributed by atoms with Gasteiger partial charge in [-0.1, -0.05) is 158 Å². The van der Waals surface area contributed by atoms with Crippen LogP contribution in [0.4, 0.5) is 34.1 Å². The fourth-order valence-corrected chi connectivity index (χ4v) is 9.67. The quantitative estimate of drug-likeness (QED) is 0.127. The van der Waals surface area contributed by atoms with E-state index in [9.17, 15) is 0 Å². The van der Waals surface area contributed by atoms with Gasteiger partial charge in [0.2, 0.25) is 0 Å². The summed E-state index contributed by atoms with van der Waals surface area (Å²) in [5.41, 5.74) is 17.1. The molecule has 0 saturated heterocycles. The van der Waals surface area contributed by atoms with Crippen molar-refractivity contribution in [3.63, 3.8) is 0 Å². The van der Waals surface area contributed by atoms with Crippen molar-refractivity contribution in [2.45, 2.75) is 0 Å². The van der Waals surface area contributed by atoms with E-state index in [1.54, 1.807) is 0 Å². The highest BCUT2D eigenvalue weighted by atomic mass is 15.1. The largest absolute Gasteiger partial charge is 0.311 e. The van der Waals surface area contributed by atoms with Gasteiger partial charge in [-0.2, -0.15) is 0 Å². The van der Waals surface area contributed by atoms with Crippen LogP contribution in [0, 0.1) is 0 Å². The Hall–Kier alpha value is -8.66. The first-order chi connectivity index (χ1) is 32.2. The zero-order chi connectivity index (χ0) is 43.1. The lowest BCUT2D eigenvalue weighted by Crippen LogP contribution is -2.10. The minimum atomic E-state index is 1.09.